The first-order valence-electron chi connectivity index (χ1n) is 8.73. The van der Waals surface area contributed by atoms with Crippen LogP contribution in [0.1, 0.15) is 24.8 Å². The van der Waals surface area contributed by atoms with Gasteiger partial charge in [-0.3, -0.25) is 4.79 Å². The van der Waals surface area contributed by atoms with Crippen LogP contribution < -0.4 is 0 Å². The quantitative estimate of drug-likeness (QED) is 0.501. The Labute approximate surface area is 166 Å². The molecule has 7 nitrogen and oxygen atoms in total. The number of hydrogen-bond acceptors (Lipinski definition) is 4. The minimum absolute atomic E-state index is 0.0628. The number of likely N-dealkylation sites (tertiary alicyclic amines) is 1. The highest BCUT2D eigenvalue weighted by molar-refractivity contribution is 14.1. The lowest BCUT2D eigenvalue weighted by molar-refractivity contribution is -0.149. The summed E-state index contributed by atoms with van der Waals surface area (Å²) in [6.07, 6.45) is 3.31. The van der Waals surface area contributed by atoms with E-state index in [-0.39, 0.29) is 6.54 Å². The zero-order valence-electron chi connectivity index (χ0n) is 14.7. The van der Waals surface area contributed by atoms with Crippen molar-refractivity contribution in [2.75, 3.05) is 26.7 Å². The Hall–Kier alpha value is -1.84. The number of hydrogen-bond donors (Lipinski definition) is 0. The van der Waals surface area contributed by atoms with Crippen LogP contribution in [0.25, 0.3) is 0 Å². The SMILES string of the molecule is CN1CC(=O)N(OC(=O)N2CCC(CCc3ccc(I)cc3)CC2)C1=O. The van der Waals surface area contributed by atoms with Crippen molar-refractivity contribution in [1.82, 2.24) is 14.9 Å². The van der Waals surface area contributed by atoms with E-state index in [0.717, 1.165) is 25.7 Å². The molecule has 0 atom stereocenters. The lowest BCUT2D eigenvalue weighted by Crippen LogP contribution is -2.43. The van der Waals surface area contributed by atoms with Crippen molar-refractivity contribution in [2.24, 2.45) is 5.92 Å². The number of likely N-dealkylation sites (N-methyl/N-ethyl adjacent to an activating group) is 1. The molecule has 8 heteroatoms. The smallest absolute Gasteiger partial charge is 0.315 e. The number of rotatable bonds is 4. The topological polar surface area (TPSA) is 70.2 Å². The van der Waals surface area contributed by atoms with E-state index in [1.807, 2.05) is 0 Å². The summed E-state index contributed by atoms with van der Waals surface area (Å²) in [4.78, 5) is 43.4. The number of amides is 4. The van der Waals surface area contributed by atoms with Crippen molar-refractivity contribution >= 4 is 40.6 Å². The Bertz CT molecular complexity index is 686. The number of imide groups is 1. The molecule has 0 unspecified atom stereocenters. The van der Waals surface area contributed by atoms with Gasteiger partial charge in [-0.2, -0.15) is 0 Å². The molecule has 140 valence electrons. The maximum atomic E-state index is 12.2. The fraction of sp³-hybridized carbons (Fsp3) is 0.500. The summed E-state index contributed by atoms with van der Waals surface area (Å²) in [5.74, 6) is 0.0535. The summed E-state index contributed by atoms with van der Waals surface area (Å²) in [7, 11) is 1.49. The van der Waals surface area contributed by atoms with Crippen molar-refractivity contribution in [3.8, 4) is 0 Å². The summed E-state index contributed by atoms with van der Waals surface area (Å²) in [5, 5.41) is 0.561. The second kappa shape index (κ2) is 8.24. The maximum absolute atomic E-state index is 12.2. The molecule has 0 radical (unpaired) electrons. The van der Waals surface area contributed by atoms with Gasteiger partial charge in [0.05, 0.1) is 0 Å². The zero-order chi connectivity index (χ0) is 18.7. The molecule has 0 aliphatic carbocycles. The van der Waals surface area contributed by atoms with E-state index >= 15 is 0 Å². The lowest BCUT2D eigenvalue weighted by Gasteiger charge is -2.31. The van der Waals surface area contributed by atoms with E-state index in [0.29, 0.717) is 24.1 Å². The number of benzene rings is 1. The average molecular weight is 471 g/mol. The van der Waals surface area contributed by atoms with E-state index < -0.39 is 18.0 Å². The second-order valence-electron chi connectivity index (χ2n) is 6.78. The molecule has 4 amide bonds. The third kappa shape index (κ3) is 4.46. The minimum Gasteiger partial charge on any atom is -0.315 e. The van der Waals surface area contributed by atoms with Gasteiger partial charge < -0.3 is 14.6 Å². The molecule has 1 aromatic rings. The first-order chi connectivity index (χ1) is 12.4. The van der Waals surface area contributed by atoms with Crippen LogP contribution in [-0.4, -0.2) is 59.6 Å². The van der Waals surface area contributed by atoms with Gasteiger partial charge in [0.15, 0.2) is 0 Å². The molecule has 3 rings (SSSR count). The van der Waals surface area contributed by atoms with Gasteiger partial charge in [-0.1, -0.05) is 17.2 Å². The fourth-order valence-electron chi connectivity index (χ4n) is 3.25. The number of nitrogens with zero attached hydrogens (tertiary/aromatic N) is 3. The average Bonchev–Trinajstić information content (AvgIpc) is 2.88. The maximum Gasteiger partial charge on any atom is 0.434 e. The van der Waals surface area contributed by atoms with Crippen LogP contribution in [0, 0.1) is 9.49 Å². The van der Waals surface area contributed by atoms with Crippen LogP contribution in [-0.2, 0) is 16.1 Å². The van der Waals surface area contributed by atoms with Crippen LogP contribution in [0.3, 0.4) is 0 Å². The second-order valence-corrected chi connectivity index (χ2v) is 8.03. The number of carbonyl (C=O) groups is 3. The molecule has 2 fully saturated rings. The molecule has 0 spiro atoms. The summed E-state index contributed by atoms with van der Waals surface area (Å²) in [5.41, 5.74) is 1.34. The molecule has 1 aromatic carbocycles. The van der Waals surface area contributed by atoms with Crippen molar-refractivity contribution in [3.05, 3.63) is 33.4 Å². The molecule has 2 saturated heterocycles. The molecular weight excluding hydrogens is 449 g/mol. The minimum atomic E-state index is -0.627. The van der Waals surface area contributed by atoms with E-state index in [1.54, 1.807) is 4.90 Å². The number of aryl methyl sites for hydroxylation is 1. The van der Waals surface area contributed by atoms with Crippen molar-refractivity contribution in [3.63, 3.8) is 0 Å². The number of piperidine rings is 1. The normalized spacial score (nSPS) is 18.6. The zero-order valence-corrected chi connectivity index (χ0v) is 16.8. The Morgan fingerprint density at radius 2 is 1.85 bits per heavy atom. The van der Waals surface area contributed by atoms with Crippen LogP contribution in [0.15, 0.2) is 24.3 Å². The Kier molecular flexibility index (Phi) is 6.00. The van der Waals surface area contributed by atoms with E-state index in [9.17, 15) is 14.4 Å². The van der Waals surface area contributed by atoms with Gasteiger partial charge in [0.2, 0.25) is 0 Å². The Balaban J connectivity index is 1.43. The van der Waals surface area contributed by atoms with E-state index in [2.05, 4.69) is 46.9 Å². The van der Waals surface area contributed by atoms with E-state index in [1.165, 1.54) is 21.1 Å². The third-order valence-electron chi connectivity index (χ3n) is 4.90. The van der Waals surface area contributed by atoms with Crippen molar-refractivity contribution < 1.29 is 19.2 Å². The van der Waals surface area contributed by atoms with Gasteiger partial charge >= 0.3 is 12.1 Å². The molecule has 26 heavy (non-hydrogen) atoms. The first kappa shape index (κ1) is 18.9. The predicted molar refractivity (Wildman–Crippen MR) is 103 cm³/mol. The van der Waals surface area contributed by atoms with Crippen LogP contribution in [0.2, 0.25) is 0 Å². The van der Waals surface area contributed by atoms with Gasteiger partial charge in [0.1, 0.15) is 6.54 Å². The molecule has 0 aromatic heterocycles. The molecule has 0 bridgehead atoms. The Morgan fingerprint density at radius 1 is 1.19 bits per heavy atom. The van der Waals surface area contributed by atoms with Crippen molar-refractivity contribution in [2.45, 2.75) is 25.7 Å². The highest BCUT2D eigenvalue weighted by Crippen LogP contribution is 2.23. The number of urea groups is 1. The monoisotopic (exact) mass is 471 g/mol. The number of hydroxylamine groups is 2. The highest BCUT2D eigenvalue weighted by atomic mass is 127. The van der Waals surface area contributed by atoms with Gasteiger partial charge in [0, 0.05) is 23.7 Å². The third-order valence-corrected chi connectivity index (χ3v) is 5.62. The fourth-order valence-corrected chi connectivity index (χ4v) is 3.61. The largest absolute Gasteiger partial charge is 0.434 e. The van der Waals surface area contributed by atoms with Crippen molar-refractivity contribution in [1.29, 1.82) is 0 Å². The molecule has 2 aliphatic heterocycles. The summed E-state index contributed by atoms with van der Waals surface area (Å²) >= 11 is 2.30. The molecule has 0 N–H and O–H groups in total. The van der Waals surface area contributed by atoms with Gasteiger partial charge in [-0.15, -0.1) is 0 Å². The van der Waals surface area contributed by atoms with Crippen LogP contribution >= 0.6 is 22.6 Å². The van der Waals surface area contributed by atoms with Crippen LogP contribution in [0.4, 0.5) is 9.59 Å². The lowest BCUT2D eigenvalue weighted by atomic mass is 9.91. The summed E-state index contributed by atoms with van der Waals surface area (Å²) in [6.45, 7) is 1.11. The first-order valence-corrected chi connectivity index (χ1v) is 9.81. The molecule has 2 heterocycles. The number of carbonyl (C=O) groups excluding carboxylic acids is 3. The van der Waals surface area contributed by atoms with Gasteiger partial charge in [0.25, 0.3) is 5.91 Å². The summed E-state index contributed by atoms with van der Waals surface area (Å²) < 4.78 is 1.24. The number of halogens is 1. The highest BCUT2D eigenvalue weighted by Gasteiger charge is 2.38. The molecule has 0 saturated carbocycles. The van der Waals surface area contributed by atoms with Gasteiger partial charge in [-0.25, -0.2) is 9.59 Å². The molecule has 2 aliphatic rings. The standard InChI is InChI=1S/C18H22IN3O4/c1-20-12-16(23)22(17(20)24)26-18(25)21-10-8-14(9-11-21)3-2-13-4-6-15(19)7-5-13/h4-7,14H,2-3,8-12H2,1H3. The van der Waals surface area contributed by atoms with E-state index in [4.69, 9.17) is 4.84 Å². The summed E-state index contributed by atoms with van der Waals surface area (Å²) in [6, 6.07) is 7.96. The van der Waals surface area contributed by atoms with Crippen LogP contribution in [0.5, 0.6) is 0 Å². The molecular formula is C18H22IN3O4. The Morgan fingerprint density at radius 3 is 2.42 bits per heavy atom. The predicted octanol–water partition coefficient (Wildman–Crippen LogP) is 2.88. The van der Waals surface area contributed by atoms with Gasteiger partial charge in [-0.05, 0) is 71.9 Å².